The molecule has 0 fully saturated rings. The Kier molecular flexibility index (Phi) is 6.64. The first kappa shape index (κ1) is 20.3. The van der Waals surface area contributed by atoms with Gasteiger partial charge in [-0.05, 0) is 56.8 Å². The van der Waals surface area contributed by atoms with Crippen LogP contribution in [0.4, 0.5) is 0 Å². The summed E-state index contributed by atoms with van der Waals surface area (Å²) in [6, 6.07) is 7.62. The van der Waals surface area contributed by atoms with Crippen LogP contribution in [-0.4, -0.2) is 37.5 Å². The van der Waals surface area contributed by atoms with Crippen molar-refractivity contribution in [3.05, 3.63) is 45.4 Å². The van der Waals surface area contributed by atoms with Crippen molar-refractivity contribution in [2.45, 2.75) is 40.2 Å². The third-order valence-electron chi connectivity index (χ3n) is 4.21. The fraction of sp³-hybridized carbons (Fsp3) is 0.368. The van der Waals surface area contributed by atoms with Gasteiger partial charge in [-0.25, -0.2) is 5.10 Å². The monoisotopic (exact) mass is 418 g/mol. The summed E-state index contributed by atoms with van der Waals surface area (Å²) in [6.45, 7) is 7.40. The second kappa shape index (κ2) is 9.16. The molecule has 0 radical (unpaired) electrons. The average molecular weight is 419 g/mol. The van der Waals surface area contributed by atoms with E-state index >= 15 is 0 Å². The highest BCUT2D eigenvalue weighted by Gasteiger charge is 2.13. The Morgan fingerprint density at radius 2 is 2.04 bits per heavy atom. The molecule has 0 unspecified atom stereocenters. The smallest absolute Gasteiger partial charge is 0.216 e. The molecule has 3 aromatic rings. The SMILES string of the molecule is CCCCn1nc(C)c(C=Nn2c(-c3ccc(OCC)cc3)n[nH]c2=S)c1Cl. The molecular formula is C19H23ClN6OS. The van der Waals surface area contributed by atoms with Crippen molar-refractivity contribution in [2.24, 2.45) is 5.10 Å². The van der Waals surface area contributed by atoms with Gasteiger partial charge in [-0.2, -0.15) is 20.0 Å². The zero-order valence-electron chi connectivity index (χ0n) is 16.1. The van der Waals surface area contributed by atoms with E-state index in [1.54, 1.807) is 10.9 Å². The van der Waals surface area contributed by atoms with Gasteiger partial charge in [0, 0.05) is 12.1 Å². The molecule has 9 heteroatoms. The third-order valence-corrected chi connectivity index (χ3v) is 4.87. The van der Waals surface area contributed by atoms with Gasteiger partial charge in [0.1, 0.15) is 10.9 Å². The van der Waals surface area contributed by atoms with Crippen LogP contribution in [0, 0.1) is 11.7 Å². The minimum Gasteiger partial charge on any atom is -0.494 e. The molecule has 28 heavy (non-hydrogen) atoms. The van der Waals surface area contributed by atoms with E-state index in [0.29, 0.717) is 22.4 Å². The molecule has 0 saturated heterocycles. The maximum absolute atomic E-state index is 6.49. The van der Waals surface area contributed by atoms with Crippen molar-refractivity contribution in [1.29, 1.82) is 0 Å². The van der Waals surface area contributed by atoms with Crippen LogP contribution in [0.15, 0.2) is 29.4 Å². The lowest BCUT2D eigenvalue weighted by Gasteiger charge is -2.04. The zero-order chi connectivity index (χ0) is 20.1. The number of aromatic nitrogens is 5. The molecule has 0 aliphatic rings. The molecule has 0 aliphatic carbocycles. The first-order valence-corrected chi connectivity index (χ1v) is 10.0. The van der Waals surface area contributed by atoms with Gasteiger partial charge in [-0.3, -0.25) is 4.68 Å². The summed E-state index contributed by atoms with van der Waals surface area (Å²) >= 11 is 11.8. The highest BCUT2D eigenvalue weighted by molar-refractivity contribution is 7.71. The van der Waals surface area contributed by atoms with Gasteiger partial charge in [0.05, 0.1) is 24.1 Å². The predicted octanol–water partition coefficient (Wildman–Crippen LogP) is 4.85. The largest absolute Gasteiger partial charge is 0.494 e. The molecule has 0 amide bonds. The molecule has 3 rings (SSSR count). The number of H-pyrrole nitrogens is 1. The van der Waals surface area contributed by atoms with E-state index in [0.717, 1.165) is 42.0 Å². The van der Waals surface area contributed by atoms with Gasteiger partial charge in [-0.15, -0.1) is 0 Å². The lowest BCUT2D eigenvalue weighted by atomic mass is 10.2. The maximum atomic E-state index is 6.49. The molecular weight excluding hydrogens is 396 g/mol. The second-order valence-electron chi connectivity index (χ2n) is 6.23. The number of hydrogen-bond donors (Lipinski definition) is 1. The van der Waals surface area contributed by atoms with Crippen molar-refractivity contribution < 1.29 is 4.74 Å². The number of unbranched alkanes of at least 4 members (excludes halogenated alkanes) is 1. The fourth-order valence-corrected chi connectivity index (χ4v) is 3.22. The normalized spacial score (nSPS) is 11.4. The van der Waals surface area contributed by atoms with E-state index in [2.05, 4.69) is 27.3 Å². The van der Waals surface area contributed by atoms with Gasteiger partial charge in [0.2, 0.25) is 4.77 Å². The number of hydrogen-bond acceptors (Lipinski definition) is 5. The molecule has 1 N–H and O–H groups in total. The Balaban J connectivity index is 1.91. The first-order chi connectivity index (χ1) is 13.5. The summed E-state index contributed by atoms with van der Waals surface area (Å²) in [6.07, 6.45) is 3.77. The van der Waals surface area contributed by atoms with Crippen LogP contribution in [0.1, 0.15) is 37.9 Å². The standard InChI is InChI=1S/C19H23ClN6OS/c1-4-6-11-25-17(20)16(13(3)24-25)12-21-26-18(22-23-19(26)28)14-7-9-15(10-8-14)27-5-2/h7-10,12H,4-6,11H2,1-3H3,(H,23,28). The fourth-order valence-electron chi connectivity index (χ4n) is 2.74. The summed E-state index contributed by atoms with van der Waals surface area (Å²) in [7, 11) is 0. The van der Waals surface area contributed by atoms with Gasteiger partial charge in [0.25, 0.3) is 0 Å². The lowest BCUT2D eigenvalue weighted by molar-refractivity contribution is 0.340. The highest BCUT2D eigenvalue weighted by Crippen LogP contribution is 2.22. The van der Waals surface area contributed by atoms with E-state index < -0.39 is 0 Å². The van der Waals surface area contributed by atoms with E-state index in [1.165, 1.54) is 0 Å². The molecule has 148 valence electrons. The Labute approximate surface area is 174 Å². The van der Waals surface area contributed by atoms with Crippen LogP contribution >= 0.6 is 23.8 Å². The number of nitrogens with one attached hydrogen (secondary N) is 1. The Hall–Kier alpha value is -2.45. The topological polar surface area (TPSA) is 73.0 Å². The van der Waals surface area contributed by atoms with E-state index in [1.807, 2.05) is 42.8 Å². The summed E-state index contributed by atoms with van der Waals surface area (Å²) in [5, 5.41) is 16.7. The van der Waals surface area contributed by atoms with Gasteiger partial charge >= 0.3 is 0 Å². The Morgan fingerprint density at radius 1 is 1.29 bits per heavy atom. The molecule has 0 spiro atoms. The quantitative estimate of drug-likeness (QED) is 0.419. The minimum atomic E-state index is 0.396. The minimum absolute atomic E-state index is 0.396. The van der Waals surface area contributed by atoms with Crippen molar-refractivity contribution in [2.75, 3.05) is 6.61 Å². The Bertz CT molecular complexity index is 1020. The number of aromatic amines is 1. The lowest BCUT2D eigenvalue weighted by Crippen LogP contribution is -2.00. The number of nitrogens with zero attached hydrogens (tertiary/aromatic N) is 5. The maximum Gasteiger partial charge on any atom is 0.216 e. The number of ether oxygens (including phenoxy) is 1. The van der Waals surface area contributed by atoms with Gasteiger partial charge < -0.3 is 4.74 Å². The first-order valence-electron chi connectivity index (χ1n) is 9.23. The van der Waals surface area contributed by atoms with Crippen LogP contribution in [0.2, 0.25) is 5.15 Å². The van der Waals surface area contributed by atoms with Crippen LogP contribution in [0.5, 0.6) is 5.75 Å². The molecule has 2 heterocycles. The van der Waals surface area contributed by atoms with E-state index in [9.17, 15) is 0 Å². The summed E-state index contributed by atoms with van der Waals surface area (Å²) in [5.74, 6) is 1.41. The van der Waals surface area contributed by atoms with Crippen molar-refractivity contribution in [3.8, 4) is 17.1 Å². The summed E-state index contributed by atoms with van der Waals surface area (Å²) < 4.78 is 9.26. The third kappa shape index (κ3) is 4.34. The van der Waals surface area contributed by atoms with Crippen LogP contribution in [0.25, 0.3) is 11.4 Å². The van der Waals surface area contributed by atoms with Gasteiger partial charge in [0.15, 0.2) is 5.82 Å². The van der Waals surface area contributed by atoms with Gasteiger partial charge in [-0.1, -0.05) is 24.9 Å². The molecule has 0 aliphatic heterocycles. The van der Waals surface area contributed by atoms with Crippen molar-refractivity contribution >= 4 is 30.0 Å². The average Bonchev–Trinajstić information content (AvgIpc) is 3.18. The highest BCUT2D eigenvalue weighted by atomic mass is 35.5. The number of aryl methyl sites for hydroxylation is 2. The summed E-state index contributed by atoms with van der Waals surface area (Å²) in [4.78, 5) is 0. The number of halogens is 1. The van der Waals surface area contributed by atoms with Crippen molar-refractivity contribution in [1.82, 2.24) is 24.7 Å². The van der Waals surface area contributed by atoms with Crippen LogP contribution in [0.3, 0.4) is 0 Å². The second-order valence-corrected chi connectivity index (χ2v) is 6.98. The molecule has 2 aromatic heterocycles. The number of rotatable bonds is 8. The molecule has 1 aromatic carbocycles. The summed E-state index contributed by atoms with van der Waals surface area (Å²) in [5.41, 5.74) is 2.47. The van der Waals surface area contributed by atoms with Crippen molar-refractivity contribution in [3.63, 3.8) is 0 Å². The number of benzene rings is 1. The predicted molar refractivity (Wildman–Crippen MR) is 114 cm³/mol. The van der Waals surface area contributed by atoms with Crippen LogP contribution < -0.4 is 4.74 Å². The van der Waals surface area contributed by atoms with E-state index in [-0.39, 0.29) is 0 Å². The van der Waals surface area contributed by atoms with E-state index in [4.69, 9.17) is 28.6 Å². The molecule has 0 bridgehead atoms. The Morgan fingerprint density at radius 3 is 2.71 bits per heavy atom. The molecule has 0 atom stereocenters. The molecule has 7 nitrogen and oxygen atoms in total. The van der Waals surface area contributed by atoms with Crippen LogP contribution in [-0.2, 0) is 6.54 Å². The molecule has 0 saturated carbocycles. The zero-order valence-corrected chi connectivity index (χ0v) is 17.7.